The Morgan fingerprint density at radius 2 is 1.85 bits per heavy atom. The summed E-state index contributed by atoms with van der Waals surface area (Å²) in [6.45, 7) is 5.24. The highest BCUT2D eigenvalue weighted by Gasteiger charge is 2.31. The number of aromatic nitrogens is 1. The van der Waals surface area contributed by atoms with Crippen molar-refractivity contribution < 1.29 is 31.8 Å². The molecule has 0 unspecified atom stereocenters. The largest absolute Gasteiger partial charge is 0.395 e. The monoisotopic (exact) mass is 574 g/mol. The molecule has 1 fully saturated rings. The second-order valence-electron chi connectivity index (χ2n) is 10.5. The van der Waals surface area contributed by atoms with E-state index < -0.39 is 40.0 Å². The number of halogens is 2. The van der Waals surface area contributed by atoms with Crippen molar-refractivity contribution in [2.24, 2.45) is 0 Å². The van der Waals surface area contributed by atoms with E-state index in [9.17, 15) is 22.0 Å². The van der Waals surface area contributed by atoms with Crippen molar-refractivity contribution in [2.75, 3.05) is 47.0 Å². The number of ether oxygens (including phenoxy) is 1. The number of rotatable bonds is 7. The van der Waals surface area contributed by atoms with Gasteiger partial charge in [0.1, 0.15) is 5.60 Å². The van der Waals surface area contributed by atoms with E-state index in [0.717, 1.165) is 16.6 Å². The molecule has 0 radical (unpaired) electrons. The molecule has 3 heterocycles. The first-order chi connectivity index (χ1) is 19.0. The first-order valence-corrected chi connectivity index (χ1v) is 14.8. The van der Waals surface area contributed by atoms with E-state index in [1.165, 1.54) is 18.2 Å². The smallest absolute Gasteiger partial charge is 0.269 e. The van der Waals surface area contributed by atoms with Gasteiger partial charge >= 0.3 is 0 Å². The summed E-state index contributed by atoms with van der Waals surface area (Å²) in [6.07, 6.45) is -1.41. The number of hydrogen-bond acceptors (Lipinski definition) is 6. The summed E-state index contributed by atoms with van der Waals surface area (Å²) in [4.78, 5) is 15.5. The Morgan fingerprint density at radius 3 is 2.55 bits per heavy atom. The number of nitrogens with one attached hydrogen (secondary N) is 2. The van der Waals surface area contributed by atoms with Gasteiger partial charge in [0, 0.05) is 25.0 Å². The SMILES string of the molecule is CC1(C)OCCn2c1cc1c(NC(=O)c3ccc(NS(=O)(=O)CCO)cc3N3CCC(=C(F)F)CC3)cccc12. The van der Waals surface area contributed by atoms with Crippen LogP contribution >= 0.6 is 0 Å². The molecule has 5 rings (SSSR count). The van der Waals surface area contributed by atoms with E-state index in [-0.39, 0.29) is 42.8 Å². The Morgan fingerprint density at radius 1 is 1.10 bits per heavy atom. The van der Waals surface area contributed by atoms with Crippen LogP contribution in [0.5, 0.6) is 0 Å². The summed E-state index contributed by atoms with van der Waals surface area (Å²) in [5.41, 5.74) is 3.12. The third-order valence-electron chi connectivity index (χ3n) is 7.44. The number of carbonyl (C=O) groups is 1. The Balaban J connectivity index is 1.50. The number of amides is 1. The number of carbonyl (C=O) groups excluding carboxylic acids is 1. The zero-order valence-corrected chi connectivity index (χ0v) is 23.2. The molecule has 12 heteroatoms. The molecule has 9 nitrogen and oxygen atoms in total. The van der Waals surface area contributed by atoms with Crippen molar-refractivity contribution in [2.45, 2.75) is 38.8 Å². The number of benzene rings is 2. The summed E-state index contributed by atoms with van der Waals surface area (Å²) in [5, 5.41) is 12.9. The molecule has 0 aliphatic carbocycles. The zero-order chi connectivity index (χ0) is 28.7. The van der Waals surface area contributed by atoms with Crippen LogP contribution in [0.4, 0.5) is 25.8 Å². The molecular formula is C28H32F2N4O5S. The van der Waals surface area contributed by atoms with Crippen LogP contribution < -0.4 is 14.9 Å². The van der Waals surface area contributed by atoms with Crippen LogP contribution in [0, 0.1) is 0 Å². The van der Waals surface area contributed by atoms with Gasteiger partial charge in [-0.25, -0.2) is 8.42 Å². The standard InChI is InChI=1S/C28H32F2N4O5S/c1-28(2)25-17-21-22(4-3-5-23(21)34(25)12-14-39-28)31-27(36)20-7-6-19(32-40(37,38)15-13-35)16-24(20)33-10-8-18(9-11-33)26(29)30/h3-7,16-17,32,35H,8-15H2,1-2H3,(H,31,36). The molecule has 40 heavy (non-hydrogen) atoms. The van der Waals surface area contributed by atoms with Crippen molar-refractivity contribution in [1.29, 1.82) is 0 Å². The molecule has 1 aromatic heterocycles. The molecule has 1 saturated heterocycles. The van der Waals surface area contributed by atoms with Gasteiger partial charge < -0.3 is 24.6 Å². The average molecular weight is 575 g/mol. The quantitative estimate of drug-likeness (QED) is 0.379. The van der Waals surface area contributed by atoms with Crippen LogP contribution in [0.25, 0.3) is 10.9 Å². The second-order valence-corrected chi connectivity index (χ2v) is 12.3. The van der Waals surface area contributed by atoms with Gasteiger partial charge in [-0.3, -0.25) is 9.52 Å². The number of piperidine rings is 1. The highest BCUT2D eigenvalue weighted by molar-refractivity contribution is 7.92. The molecule has 1 amide bonds. The fourth-order valence-electron chi connectivity index (χ4n) is 5.39. The molecule has 214 valence electrons. The summed E-state index contributed by atoms with van der Waals surface area (Å²) in [5.74, 6) is -0.893. The molecule has 2 aliphatic rings. The van der Waals surface area contributed by atoms with Crippen LogP contribution in [0.15, 0.2) is 54.1 Å². The van der Waals surface area contributed by atoms with Gasteiger partial charge in [0.05, 0.1) is 52.8 Å². The van der Waals surface area contributed by atoms with Gasteiger partial charge in [-0.1, -0.05) is 6.07 Å². The van der Waals surface area contributed by atoms with E-state index in [1.54, 1.807) is 0 Å². The lowest BCUT2D eigenvalue weighted by Gasteiger charge is -2.32. The van der Waals surface area contributed by atoms with Gasteiger partial charge in [0.15, 0.2) is 0 Å². The van der Waals surface area contributed by atoms with Gasteiger partial charge in [-0.15, -0.1) is 0 Å². The maximum atomic E-state index is 13.7. The number of sulfonamides is 1. The Bertz CT molecular complexity index is 1590. The van der Waals surface area contributed by atoms with Crippen molar-refractivity contribution in [1.82, 2.24) is 4.57 Å². The molecular weight excluding hydrogens is 542 g/mol. The minimum atomic E-state index is -3.81. The summed E-state index contributed by atoms with van der Waals surface area (Å²) in [6, 6.07) is 12.2. The van der Waals surface area contributed by atoms with E-state index in [4.69, 9.17) is 9.84 Å². The normalized spacial score (nSPS) is 17.0. The van der Waals surface area contributed by atoms with E-state index in [0.29, 0.717) is 24.5 Å². The van der Waals surface area contributed by atoms with Crippen LogP contribution in [0.2, 0.25) is 0 Å². The summed E-state index contributed by atoms with van der Waals surface area (Å²) in [7, 11) is -3.81. The van der Waals surface area contributed by atoms with Gasteiger partial charge in [-0.2, -0.15) is 8.78 Å². The molecule has 0 atom stereocenters. The fraction of sp³-hybridized carbons (Fsp3) is 0.393. The molecule has 0 spiro atoms. The lowest BCUT2D eigenvalue weighted by Crippen LogP contribution is -2.32. The van der Waals surface area contributed by atoms with Crippen LogP contribution in [0.1, 0.15) is 42.7 Å². The number of fused-ring (bicyclic) bond motifs is 3. The molecule has 2 aromatic carbocycles. The van der Waals surface area contributed by atoms with E-state index in [1.807, 2.05) is 43.0 Å². The topological polar surface area (TPSA) is 113 Å². The molecule has 2 aliphatic heterocycles. The summed E-state index contributed by atoms with van der Waals surface area (Å²) < 4.78 is 61.4. The molecule has 0 saturated carbocycles. The third-order valence-corrected chi connectivity index (χ3v) is 8.71. The van der Waals surface area contributed by atoms with Crippen molar-refractivity contribution in [3.63, 3.8) is 0 Å². The summed E-state index contributed by atoms with van der Waals surface area (Å²) >= 11 is 0. The first-order valence-electron chi connectivity index (χ1n) is 13.1. The van der Waals surface area contributed by atoms with E-state index >= 15 is 0 Å². The van der Waals surface area contributed by atoms with Crippen LogP contribution in [-0.4, -0.2) is 56.1 Å². The zero-order valence-electron chi connectivity index (χ0n) is 22.3. The third kappa shape index (κ3) is 5.56. The van der Waals surface area contributed by atoms with Crippen LogP contribution in [-0.2, 0) is 26.9 Å². The van der Waals surface area contributed by atoms with E-state index in [2.05, 4.69) is 14.6 Å². The number of hydrogen-bond donors (Lipinski definition) is 3. The van der Waals surface area contributed by atoms with Gasteiger partial charge in [0.25, 0.3) is 12.0 Å². The number of aliphatic hydroxyl groups is 1. The second kappa shape index (κ2) is 10.8. The lowest BCUT2D eigenvalue weighted by atomic mass is 10.0. The maximum Gasteiger partial charge on any atom is 0.269 e. The van der Waals surface area contributed by atoms with Crippen molar-refractivity contribution in [3.05, 3.63) is 65.4 Å². The number of anilines is 3. The highest BCUT2D eigenvalue weighted by Crippen LogP contribution is 2.37. The molecule has 0 bridgehead atoms. The predicted molar refractivity (Wildman–Crippen MR) is 150 cm³/mol. The fourth-order valence-corrected chi connectivity index (χ4v) is 6.22. The maximum absolute atomic E-state index is 13.7. The highest BCUT2D eigenvalue weighted by atomic mass is 32.2. The molecule has 3 aromatic rings. The van der Waals surface area contributed by atoms with Crippen molar-refractivity contribution >= 4 is 43.9 Å². The molecule has 3 N–H and O–H groups in total. The predicted octanol–water partition coefficient (Wildman–Crippen LogP) is 4.64. The minimum Gasteiger partial charge on any atom is -0.395 e. The average Bonchev–Trinajstić information content (AvgIpc) is 3.30. The van der Waals surface area contributed by atoms with Gasteiger partial charge in [-0.05, 0) is 68.7 Å². The number of aliphatic hydroxyl groups excluding tert-OH is 1. The minimum absolute atomic E-state index is 0.0818. The van der Waals surface area contributed by atoms with Crippen molar-refractivity contribution in [3.8, 4) is 0 Å². The lowest BCUT2D eigenvalue weighted by molar-refractivity contribution is -0.0493. The Hall–Kier alpha value is -3.48. The Labute approximate surface area is 231 Å². The van der Waals surface area contributed by atoms with Gasteiger partial charge in [0.2, 0.25) is 10.0 Å². The Kier molecular flexibility index (Phi) is 7.60. The van der Waals surface area contributed by atoms with Crippen LogP contribution in [0.3, 0.4) is 0 Å². The number of nitrogens with zero attached hydrogens (tertiary/aromatic N) is 2. The first kappa shape index (κ1) is 28.1.